The van der Waals surface area contributed by atoms with Crippen molar-refractivity contribution in [2.75, 3.05) is 5.73 Å². The Morgan fingerprint density at radius 3 is 2.72 bits per heavy atom. The van der Waals surface area contributed by atoms with E-state index in [9.17, 15) is 0 Å². The first-order valence-corrected chi connectivity index (χ1v) is 8.11. The standard InChI is InChI=1S/C19H18N6/c1-13-2-3-15(22-12-13)11-18-23-16(10-17(20)24-18)8-14-4-6-25-7-5-21-19(25)9-14/h2-7,9-10,12H,8,11H2,1H3,(H2,20,23,24). The molecule has 25 heavy (non-hydrogen) atoms. The van der Waals surface area contributed by atoms with Crippen LogP contribution in [0, 0.1) is 6.92 Å². The number of nitrogen functional groups attached to an aromatic ring is 1. The number of anilines is 1. The second-order valence-corrected chi connectivity index (χ2v) is 6.11. The van der Waals surface area contributed by atoms with Gasteiger partial charge in [-0.3, -0.25) is 4.98 Å². The van der Waals surface area contributed by atoms with Crippen molar-refractivity contribution in [1.82, 2.24) is 24.3 Å². The Morgan fingerprint density at radius 2 is 1.88 bits per heavy atom. The van der Waals surface area contributed by atoms with Crippen LogP contribution in [-0.4, -0.2) is 24.3 Å². The van der Waals surface area contributed by atoms with E-state index in [-0.39, 0.29) is 0 Å². The molecule has 0 fully saturated rings. The Morgan fingerprint density at radius 1 is 0.960 bits per heavy atom. The molecule has 6 heteroatoms. The van der Waals surface area contributed by atoms with Gasteiger partial charge in [-0.05, 0) is 36.2 Å². The number of aryl methyl sites for hydroxylation is 1. The fourth-order valence-corrected chi connectivity index (χ4v) is 2.78. The second-order valence-electron chi connectivity index (χ2n) is 6.11. The van der Waals surface area contributed by atoms with Gasteiger partial charge in [0.15, 0.2) is 0 Å². The molecule has 0 aliphatic heterocycles. The van der Waals surface area contributed by atoms with Gasteiger partial charge in [-0.2, -0.15) is 0 Å². The third kappa shape index (κ3) is 3.47. The summed E-state index contributed by atoms with van der Waals surface area (Å²) >= 11 is 0. The van der Waals surface area contributed by atoms with E-state index >= 15 is 0 Å². The maximum atomic E-state index is 5.98. The molecular formula is C19H18N6. The third-order valence-corrected chi connectivity index (χ3v) is 4.00. The van der Waals surface area contributed by atoms with Crippen molar-refractivity contribution in [2.45, 2.75) is 19.8 Å². The van der Waals surface area contributed by atoms with Crippen LogP contribution in [0.1, 0.15) is 28.3 Å². The minimum absolute atomic E-state index is 0.481. The number of aromatic nitrogens is 5. The molecule has 0 unspecified atom stereocenters. The van der Waals surface area contributed by atoms with Gasteiger partial charge in [0.1, 0.15) is 17.3 Å². The maximum Gasteiger partial charge on any atom is 0.136 e. The van der Waals surface area contributed by atoms with Crippen LogP contribution < -0.4 is 5.73 Å². The van der Waals surface area contributed by atoms with E-state index in [4.69, 9.17) is 5.73 Å². The van der Waals surface area contributed by atoms with E-state index < -0.39 is 0 Å². The largest absolute Gasteiger partial charge is 0.384 e. The average molecular weight is 330 g/mol. The van der Waals surface area contributed by atoms with Crippen molar-refractivity contribution >= 4 is 11.5 Å². The molecule has 0 aliphatic carbocycles. The van der Waals surface area contributed by atoms with Gasteiger partial charge in [-0.25, -0.2) is 15.0 Å². The number of fused-ring (bicyclic) bond motifs is 1. The molecule has 4 rings (SSSR count). The highest BCUT2D eigenvalue weighted by molar-refractivity contribution is 5.43. The van der Waals surface area contributed by atoms with Crippen molar-refractivity contribution in [3.05, 3.63) is 83.5 Å². The lowest BCUT2D eigenvalue weighted by Crippen LogP contribution is -2.05. The first kappa shape index (κ1) is 15.3. The molecule has 6 nitrogen and oxygen atoms in total. The van der Waals surface area contributed by atoms with E-state index in [1.165, 1.54) is 0 Å². The zero-order valence-electron chi connectivity index (χ0n) is 13.9. The summed E-state index contributed by atoms with van der Waals surface area (Å²) in [4.78, 5) is 17.7. The van der Waals surface area contributed by atoms with Crippen molar-refractivity contribution in [3.8, 4) is 0 Å². The van der Waals surface area contributed by atoms with Crippen LogP contribution in [-0.2, 0) is 12.8 Å². The number of imidazole rings is 1. The molecule has 4 aromatic rings. The number of nitrogens with two attached hydrogens (primary N) is 1. The fraction of sp³-hybridized carbons (Fsp3) is 0.158. The first-order valence-electron chi connectivity index (χ1n) is 8.11. The van der Waals surface area contributed by atoms with Crippen molar-refractivity contribution in [2.24, 2.45) is 0 Å². The highest BCUT2D eigenvalue weighted by Gasteiger charge is 2.07. The van der Waals surface area contributed by atoms with Gasteiger partial charge in [0.2, 0.25) is 0 Å². The average Bonchev–Trinajstić information content (AvgIpc) is 3.04. The topological polar surface area (TPSA) is 82.0 Å². The zero-order valence-corrected chi connectivity index (χ0v) is 13.9. The lowest BCUT2D eigenvalue weighted by molar-refractivity contribution is 0.900. The number of hydrogen-bond acceptors (Lipinski definition) is 5. The molecule has 0 bridgehead atoms. The Hall–Kier alpha value is -3.28. The first-order chi connectivity index (χ1) is 12.2. The molecule has 2 N–H and O–H groups in total. The van der Waals surface area contributed by atoms with E-state index in [0.29, 0.717) is 24.5 Å². The highest BCUT2D eigenvalue weighted by Crippen LogP contribution is 2.13. The number of nitrogens with zero attached hydrogens (tertiary/aromatic N) is 5. The fourth-order valence-electron chi connectivity index (χ4n) is 2.78. The molecule has 124 valence electrons. The van der Waals surface area contributed by atoms with Crippen LogP contribution in [0.5, 0.6) is 0 Å². The van der Waals surface area contributed by atoms with Crippen LogP contribution in [0.2, 0.25) is 0 Å². The predicted molar refractivity (Wildman–Crippen MR) is 96.2 cm³/mol. The molecule has 0 aliphatic rings. The quantitative estimate of drug-likeness (QED) is 0.622. The minimum Gasteiger partial charge on any atom is -0.384 e. The van der Waals surface area contributed by atoms with Crippen LogP contribution >= 0.6 is 0 Å². The third-order valence-electron chi connectivity index (χ3n) is 4.00. The van der Waals surface area contributed by atoms with Gasteiger partial charge in [-0.15, -0.1) is 0 Å². The Balaban J connectivity index is 1.59. The van der Waals surface area contributed by atoms with E-state index in [0.717, 1.165) is 28.2 Å². The summed E-state index contributed by atoms with van der Waals surface area (Å²) in [5.74, 6) is 1.17. The SMILES string of the molecule is Cc1ccc(Cc2nc(N)cc(Cc3ccn4ccnc4c3)n2)nc1. The summed E-state index contributed by atoms with van der Waals surface area (Å²) in [5.41, 5.74) is 11.0. The normalized spacial score (nSPS) is 11.1. The monoisotopic (exact) mass is 330 g/mol. The van der Waals surface area contributed by atoms with Crippen molar-refractivity contribution in [1.29, 1.82) is 0 Å². The number of pyridine rings is 2. The lowest BCUT2D eigenvalue weighted by atomic mass is 10.1. The Bertz CT molecular complexity index is 1020. The van der Waals surface area contributed by atoms with E-state index in [1.54, 1.807) is 6.20 Å². The van der Waals surface area contributed by atoms with Gasteiger partial charge in [0.05, 0.1) is 12.1 Å². The maximum absolute atomic E-state index is 5.98. The van der Waals surface area contributed by atoms with Gasteiger partial charge in [0.25, 0.3) is 0 Å². The molecule has 4 heterocycles. The summed E-state index contributed by atoms with van der Waals surface area (Å²) < 4.78 is 1.98. The van der Waals surface area contributed by atoms with E-state index in [1.807, 2.05) is 48.1 Å². The van der Waals surface area contributed by atoms with Crippen LogP contribution in [0.15, 0.2) is 55.1 Å². The molecule has 4 aromatic heterocycles. The number of rotatable bonds is 4. The molecule has 0 spiro atoms. The van der Waals surface area contributed by atoms with Gasteiger partial charge >= 0.3 is 0 Å². The predicted octanol–water partition coefficient (Wildman–Crippen LogP) is 2.59. The van der Waals surface area contributed by atoms with Crippen molar-refractivity contribution < 1.29 is 0 Å². The van der Waals surface area contributed by atoms with E-state index in [2.05, 4.69) is 32.1 Å². The van der Waals surface area contributed by atoms with Gasteiger partial charge in [-0.1, -0.05) is 6.07 Å². The smallest absolute Gasteiger partial charge is 0.136 e. The summed E-state index contributed by atoms with van der Waals surface area (Å²) in [6.45, 7) is 2.02. The molecule has 0 amide bonds. The lowest BCUT2D eigenvalue weighted by Gasteiger charge is -2.07. The zero-order chi connectivity index (χ0) is 17.2. The van der Waals surface area contributed by atoms with Crippen LogP contribution in [0.25, 0.3) is 5.65 Å². The molecular weight excluding hydrogens is 312 g/mol. The Kier molecular flexibility index (Phi) is 3.85. The summed E-state index contributed by atoms with van der Waals surface area (Å²) in [6, 6.07) is 9.97. The van der Waals surface area contributed by atoms with Gasteiger partial charge in [0, 0.05) is 43.0 Å². The van der Waals surface area contributed by atoms with Crippen LogP contribution in [0.4, 0.5) is 5.82 Å². The second kappa shape index (κ2) is 6.32. The number of hydrogen-bond donors (Lipinski definition) is 1. The Labute approximate surface area is 145 Å². The summed E-state index contributed by atoms with van der Waals surface area (Å²) in [6.07, 6.45) is 8.81. The highest BCUT2D eigenvalue weighted by atomic mass is 15.0. The molecule has 0 saturated heterocycles. The molecule has 0 saturated carbocycles. The molecule has 0 radical (unpaired) electrons. The van der Waals surface area contributed by atoms with Gasteiger partial charge < -0.3 is 10.1 Å². The molecule has 0 atom stereocenters. The minimum atomic E-state index is 0.481. The summed E-state index contributed by atoms with van der Waals surface area (Å²) in [5, 5.41) is 0. The van der Waals surface area contributed by atoms with Crippen molar-refractivity contribution in [3.63, 3.8) is 0 Å². The van der Waals surface area contributed by atoms with Crippen LogP contribution in [0.3, 0.4) is 0 Å². The molecule has 0 aromatic carbocycles. The summed E-state index contributed by atoms with van der Waals surface area (Å²) in [7, 11) is 0.